The van der Waals surface area contributed by atoms with E-state index in [1.807, 2.05) is 0 Å². The fourth-order valence-corrected chi connectivity index (χ4v) is 2.25. The Labute approximate surface area is 193 Å². The molecule has 0 radical (unpaired) electrons. The third kappa shape index (κ3) is 7.28. The van der Waals surface area contributed by atoms with Gasteiger partial charge in [0.25, 0.3) is 0 Å². The van der Waals surface area contributed by atoms with Gasteiger partial charge in [-0.2, -0.15) is 9.97 Å². The van der Waals surface area contributed by atoms with E-state index in [0.29, 0.717) is 16.5 Å². The van der Waals surface area contributed by atoms with E-state index >= 15 is 0 Å². The Kier molecular flexibility index (Phi) is 8.46. The maximum atomic E-state index is 12.1. The molecule has 8 heteroatoms. The Morgan fingerprint density at radius 2 is 1.61 bits per heavy atom. The topological polar surface area (TPSA) is 125 Å². The molecule has 2 aromatic heterocycles. The number of benzene rings is 1. The SMILES string of the molecule is CC(C)(C)C(=O)Nc1nc(O)c2cc(C#Cc3ccc(C(=O)O)cc3)cnc2n1.CCCC. The monoisotopic (exact) mass is 448 g/mol. The third-order valence-electron chi connectivity index (χ3n) is 4.42. The number of carbonyl (C=O) groups is 2. The number of pyridine rings is 1. The van der Waals surface area contributed by atoms with Crippen LogP contribution in [0.1, 0.15) is 68.9 Å². The van der Waals surface area contributed by atoms with Gasteiger partial charge in [-0.3, -0.25) is 10.1 Å². The Bertz CT molecular complexity index is 1200. The number of aromatic carboxylic acids is 1. The van der Waals surface area contributed by atoms with Gasteiger partial charge >= 0.3 is 5.97 Å². The molecule has 0 saturated carbocycles. The molecule has 0 aliphatic carbocycles. The molecule has 8 nitrogen and oxygen atoms in total. The van der Waals surface area contributed by atoms with Gasteiger partial charge in [-0.1, -0.05) is 59.3 Å². The molecule has 0 aliphatic heterocycles. The fourth-order valence-electron chi connectivity index (χ4n) is 2.25. The lowest BCUT2D eigenvalue weighted by Crippen LogP contribution is -2.28. The number of carbonyl (C=O) groups excluding carboxylic acids is 1. The van der Waals surface area contributed by atoms with Crippen molar-refractivity contribution in [1.29, 1.82) is 0 Å². The molecular weight excluding hydrogens is 420 g/mol. The zero-order valence-corrected chi connectivity index (χ0v) is 19.4. The summed E-state index contributed by atoms with van der Waals surface area (Å²) in [5.74, 6) is 4.17. The average molecular weight is 449 g/mol. The highest BCUT2D eigenvalue weighted by atomic mass is 16.4. The number of hydrogen-bond donors (Lipinski definition) is 3. The van der Waals surface area contributed by atoms with Gasteiger partial charge in [-0.25, -0.2) is 9.78 Å². The quantitative estimate of drug-likeness (QED) is 0.499. The second-order valence-electron chi connectivity index (χ2n) is 8.30. The largest absolute Gasteiger partial charge is 0.493 e. The van der Waals surface area contributed by atoms with Crippen molar-refractivity contribution in [3.8, 4) is 17.7 Å². The fraction of sp³-hybridized carbons (Fsp3) is 0.320. The molecule has 0 aliphatic rings. The Morgan fingerprint density at radius 1 is 1.00 bits per heavy atom. The zero-order chi connectivity index (χ0) is 24.6. The summed E-state index contributed by atoms with van der Waals surface area (Å²) in [7, 11) is 0. The molecule has 1 amide bonds. The van der Waals surface area contributed by atoms with Crippen molar-refractivity contribution in [3.63, 3.8) is 0 Å². The molecule has 0 saturated heterocycles. The number of fused-ring (bicyclic) bond motifs is 1. The first kappa shape index (κ1) is 25.3. The smallest absolute Gasteiger partial charge is 0.335 e. The second-order valence-corrected chi connectivity index (χ2v) is 8.30. The number of nitrogens with zero attached hydrogens (tertiary/aromatic N) is 3. The molecule has 172 valence electrons. The molecule has 0 bridgehead atoms. The average Bonchev–Trinajstić information content (AvgIpc) is 2.77. The standard InChI is InChI=1S/C21H18N4O4.C4H10/c1-21(2,3)19(29)25-20-23-16-15(17(26)24-20)10-13(11-22-16)5-4-12-6-8-14(9-7-12)18(27)28;1-3-4-2/h6-11H,1-3H3,(H,27,28)(H2,22,23,24,25,26,29);3-4H2,1-2H3. The van der Waals surface area contributed by atoms with Crippen LogP contribution < -0.4 is 5.32 Å². The van der Waals surface area contributed by atoms with Crippen molar-refractivity contribution in [1.82, 2.24) is 15.0 Å². The van der Waals surface area contributed by atoms with Crippen molar-refractivity contribution in [3.05, 3.63) is 53.2 Å². The molecule has 0 spiro atoms. The van der Waals surface area contributed by atoms with Gasteiger partial charge < -0.3 is 10.2 Å². The summed E-state index contributed by atoms with van der Waals surface area (Å²) in [6.07, 6.45) is 4.13. The summed E-state index contributed by atoms with van der Waals surface area (Å²) in [5, 5.41) is 22.0. The highest BCUT2D eigenvalue weighted by molar-refractivity contribution is 5.94. The predicted octanol–water partition coefficient (Wildman–Crippen LogP) is 4.62. The van der Waals surface area contributed by atoms with Crippen molar-refractivity contribution >= 4 is 28.9 Å². The highest BCUT2D eigenvalue weighted by Gasteiger charge is 2.22. The summed E-state index contributed by atoms with van der Waals surface area (Å²) in [6.45, 7) is 9.62. The van der Waals surface area contributed by atoms with Crippen LogP contribution in [0.3, 0.4) is 0 Å². The van der Waals surface area contributed by atoms with E-state index in [1.165, 1.54) is 31.2 Å². The van der Waals surface area contributed by atoms with Crippen LogP contribution in [-0.2, 0) is 4.79 Å². The van der Waals surface area contributed by atoms with E-state index in [2.05, 4.69) is 46.0 Å². The summed E-state index contributed by atoms with van der Waals surface area (Å²) < 4.78 is 0. The minimum absolute atomic E-state index is 0.0280. The Balaban J connectivity index is 0.000000890. The minimum Gasteiger partial charge on any atom is -0.493 e. The first-order valence-electron chi connectivity index (χ1n) is 10.6. The van der Waals surface area contributed by atoms with Gasteiger partial charge in [0.2, 0.25) is 17.7 Å². The molecule has 33 heavy (non-hydrogen) atoms. The Morgan fingerprint density at radius 3 is 2.15 bits per heavy atom. The van der Waals surface area contributed by atoms with E-state index in [4.69, 9.17) is 5.11 Å². The van der Waals surface area contributed by atoms with Gasteiger partial charge in [0.1, 0.15) is 0 Å². The van der Waals surface area contributed by atoms with Crippen LogP contribution in [-0.4, -0.2) is 37.0 Å². The summed E-state index contributed by atoms with van der Waals surface area (Å²) in [5.41, 5.74) is 0.919. The molecule has 0 unspecified atom stereocenters. The number of hydrogen-bond acceptors (Lipinski definition) is 6. The van der Waals surface area contributed by atoms with E-state index in [1.54, 1.807) is 39.0 Å². The van der Waals surface area contributed by atoms with Crippen LogP contribution in [0.2, 0.25) is 0 Å². The minimum atomic E-state index is -1.00. The van der Waals surface area contributed by atoms with E-state index in [9.17, 15) is 14.7 Å². The van der Waals surface area contributed by atoms with Crippen LogP contribution in [0.25, 0.3) is 11.0 Å². The maximum absolute atomic E-state index is 12.1. The van der Waals surface area contributed by atoms with Crippen LogP contribution in [0.5, 0.6) is 5.88 Å². The lowest BCUT2D eigenvalue weighted by Gasteiger charge is -2.16. The molecule has 3 N–H and O–H groups in total. The van der Waals surface area contributed by atoms with E-state index in [0.717, 1.165) is 0 Å². The number of aromatic nitrogens is 3. The molecule has 3 aromatic rings. The van der Waals surface area contributed by atoms with Crippen molar-refractivity contribution < 1.29 is 19.8 Å². The number of rotatable bonds is 3. The van der Waals surface area contributed by atoms with Crippen molar-refractivity contribution in [2.75, 3.05) is 5.32 Å². The number of anilines is 1. The predicted molar refractivity (Wildman–Crippen MR) is 127 cm³/mol. The van der Waals surface area contributed by atoms with E-state index in [-0.39, 0.29) is 28.9 Å². The number of unbranched alkanes of at least 4 members (excludes halogenated alkanes) is 1. The van der Waals surface area contributed by atoms with Crippen LogP contribution in [0.15, 0.2) is 36.5 Å². The van der Waals surface area contributed by atoms with Crippen LogP contribution in [0.4, 0.5) is 5.95 Å². The van der Waals surface area contributed by atoms with Gasteiger partial charge in [0.05, 0.1) is 10.9 Å². The lowest BCUT2D eigenvalue weighted by atomic mass is 9.96. The van der Waals surface area contributed by atoms with Crippen molar-refractivity contribution in [2.45, 2.75) is 47.5 Å². The number of amides is 1. The summed E-state index contributed by atoms with van der Waals surface area (Å²) >= 11 is 0. The molecule has 1 aromatic carbocycles. The van der Waals surface area contributed by atoms with Gasteiger partial charge in [0, 0.05) is 22.7 Å². The zero-order valence-electron chi connectivity index (χ0n) is 19.4. The normalized spacial score (nSPS) is 10.5. The molecular formula is C25H28N4O4. The first-order chi connectivity index (χ1) is 15.5. The Hall–Kier alpha value is -3.99. The molecule has 0 atom stereocenters. The van der Waals surface area contributed by atoms with Gasteiger partial charge in [-0.15, -0.1) is 0 Å². The molecule has 2 heterocycles. The third-order valence-corrected chi connectivity index (χ3v) is 4.42. The number of aromatic hydroxyl groups is 1. The van der Waals surface area contributed by atoms with Crippen LogP contribution >= 0.6 is 0 Å². The van der Waals surface area contributed by atoms with Crippen molar-refractivity contribution in [2.24, 2.45) is 5.41 Å². The highest BCUT2D eigenvalue weighted by Crippen LogP contribution is 2.23. The number of nitrogens with one attached hydrogen (secondary N) is 1. The second kappa shape index (κ2) is 11.0. The lowest BCUT2D eigenvalue weighted by molar-refractivity contribution is -0.123. The number of carboxylic acid groups (broad SMARTS) is 1. The van der Waals surface area contributed by atoms with E-state index < -0.39 is 11.4 Å². The number of carboxylic acids is 1. The first-order valence-corrected chi connectivity index (χ1v) is 10.6. The molecule has 3 rings (SSSR count). The molecule has 0 fully saturated rings. The van der Waals surface area contributed by atoms with Crippen LogP contribution in [0, 0.1) is 17.3 Å². The van der Waals surface area contributed by atoms with Gasteiger partial charge in [0.15, 0.2) is 5.65 Å². The summed E-state index contributed by atoms with van der Waals surface area (Å²) in [6, 6.07) is 7.74. The summed E-state index contributed by atoms with van der Waals surface area (Å²) in [4.78, 5) is 35.2. The maximum Gasteiger partial charge on any atom is 0.335 e. The van der Waals surface area contributed by atoms with Gasteiger partial charge in [-0.05, 0) is 30.3 Å².